The van der Waals surface area contributed by atoms with Gasteiger partial charge < -0.3 is 14.8 Å². The number of hydrogen-bond acceptors (Lipinski definition) is 3. The third-order valence-electron chi connectivity index (χ3n) is 3.55. The minimum absolute atomic E-state index is 0.00875. The van der Waals surface area contributed by atoms with Crippen LogP contribution in [-0.4, -0.2) is 19.1 Å². The van der Waals surface area contributed by atoms with Gasteiger partial charge in [0.1, 0.15) is 0 Å². The van der Waals surface area contributed by atoms with Crippen LogP contribution in [0.15, 0.2) is 42.5 Å². The molecule has 1 N–H and O–H groups in total. The molecule has 2 aromatic rings. The first-order valence-corrected chi connectivity index (χ1v) is 8.87. The number of amides is 1. The van der Waals surface area contributed by atoms with Crippen LogP contribution >= 0.6 is 11.6 Å². The van der Waals surface area contributed by atoms with Gasteiger partial charge in [-0.15, -0.1) is 0 Å². The van der Waals surface area contributed by atoms with E-state index in [1.54, 1.807) is 18.2 Å². The molecule has 0 fully saturated rings. The summed E-state index contributed by atoms with van der Waals surface area (Å²) in [7, 11) is 0. The van der Waals surface area contributed by atoms with Gasteiger partial charge in [0.15, 0.2) is 11.5 Å². The molecule has 4 nitrogen and oxygen atoms in total. The fraction of sp³-hybridized carbons (Fsp3) is 0.250. The van der Waals surface area contributed by atoms with Crippen molar-refractivity contribution in [2.45, 2.75) is 20.0 Å². The average Bonchev–Trinajstić information content (AvgIpc) is 2.63. The highest BCUT2D eigenvalue weighted by atomic mass is 35.5. The highest BCUT2D eigenvalue weighted by molar-refractivity contribution is 6.33. The van der Waals surface area contributed by atoms with E-state index in [9.17, 15) is 18.0 Å². The molecule has 150 valence electrons. The molecule has 0 heterocycles. The molecule has 0 radical (unpaired) electrons. The van der Waals surface area contributed by atoms with E-state index < -0.39 is 17.6 Å². The van der Waals surface area contributed by atoms with Crippen molar-refractivity contribution in [3.05, 3.63) is 58.6 Å². The Balaban J connectivity index is 2.15. The van der Waals surface area contributed by atoms with E-state index in [2.05, 4.69) is 5.32 Å². The summed E-state index contributed by atoms with van der Waals surface area (Å²) >= 11 is 5.87. The zero-order chi connectivity index (χ0) is 20.7. The molecule has 0 aromatic heterocycles. The monoisotopic (exact) mass is 413 g/mol. The van der Waals surface area contributed by atoms with E-state index in [0.717, 1.165) is 18.2 Å². The second-order valence-corrected chi connectivity index (χ2v) is 5.99. The molecule has 2 aromatic carbocycles. The van der Waals surface area contributed by atoms with Gasteiger partial charge in [-0.3, -0.25) is 4.79 Å². The lowest BCUT2D eigenvalue weighted by Gasteiger charge is -2.11. The molecular formula is C20H19ClF3NO3. The third-order valence-corrected chi connectivity index (χ3v) is 3.88. The molecule has 0 spiro atoms. The molecule has 0 saturated heterocycles. The summed E-state index contributed by atoms with van der Waals surface area (Å²) in [6, 6.07) is 7.88. The summed E-state index contributed by atoms with van der Waals surface area (Å²) in [6.45, 7) is 4.62. The molecule has 0 aliphatic rings. The van der Waals surface area contributed by atoms with E-state index in [-0.39, 0.29) is 10.7 Å². The highest BCUT2D eigenvalue weighted by Gasteiger charge is 2.31. The average molecular weight is 414 g/mol. The summed E-state index contributed by atoms with van der Waals surface area (Å²) < 4.78 is 49.4. The molecule has 0 bridgehead atoms. The number of carbonyl (C=O) groups excluding carboxylic acids is 1. The summed E-state index contributed by atoms with van der Waals surface area (Å²) in [5, 5.41) is 2.36. The lowest BCUT2D eigenvalue weighted by atomic mass is 10.1. The van der Waals surface area contributed by atoms with Crippen molar-refractivity contribution in [1.82, 2.24) is 0 Å². The van der Waals surface area contributed by atoms with Crippen molar-refractivity contribution in [3.8, 4) is 11.5 Å². The standard InChI is InChI=1S/C20H19ClF3NO3/c1-3-27-17-9-5-13(11-18(17)28-4-2)6-10-19(26)25-16-12-14(20(22,23)24)7-8-15(16)21/h5-12H,3-4H2,1-2H3,(H,25,26)/b10-6+. The fourth-order valence-corrected chi connectivity index (χ4v) is 2.48. The van der Waals surface area contributed by atoms with Gasteiger partial charge in [0.2, 0.25) is 5.91 Å². The number of benzene rings is 2. The fourth-order valence-electron chi connectivity index (χ4n) is 2.32. The quantitative estimate of drug-likeness (QED) is 0.583. The van der Waals surface area contributed by atoms with E-state index in [0.29, 0.717) is 30.3 Å². The van der Waals surface area contributed by atoms with Gasteiger partial charge in [-0.25, -0.2) is 0 Å². The Morgan fingerprint density at radius 3 is 2.39 bits per heavy atom. The Bertz CT molecular complexity index is 866. The number of nitrogens with one attached hydrogen (secondary N) is 1. The summed E-state index contributed by atoms with van der Waals surface area (Å²) in [5.41, 5.74) is -0.353. The minimum atomic E-state index is -4.53. The summed E-state index contributed by atoms with van der Waals surface area (Å²) in [4.78, 5) is 12.1. The first-order chi connectivity index (χ1) is 13.2. The highest BCUT2D eigenvalue weighted by Crippen LogP contribution is 2.34. The Morgan fingerprint density at radius 2 is 1.75 bits per heavy atom. The van der Waals surface area contributed by atoms with Crippen molar-refractivity contribution >= 4 is 29.3 Å². The van der Waals surface area contributed by atoms with Crippen molar-refractivity contribution < 1.29 is 27.4 Å². The number of hydrogen-bond donors (Lipinski definition) is 1. The Hall–Kier alpha value is -2.67. The van der Waals surface area contributed by atoms with E-state index in [1.807, 2.05) is 13.8 Å². The Kier molecular flexibility index (Phi) is 7.34. The second-order valence-electron chi connectivity index (χ2n) is 5.59. The molecule has 1 amide bonds. The van der Waals surface area contributed by atoms with E-state index in [1.165, 1.54) is 12.2 Å². The minimum Gasteiger partial charge on any atom is -0.490 e. The van der Waals surface area contributed by atoms with Gasteiger partial charge in [-0.05, 0) is 55.8 Å². The molecule has 8 heteroatoms. The number of ether oxygens (including phenoxy) is 2. The lowest BCUT2D eigenvalue weighted by Crippen LogP contribution is -2.11. The largest absolute Gasteiger partial charge is 0.490 e. The van der Waals surface area contributed by atoms with Crippen molar-refractivity contribution in [1.29, 1.82) is 0 Å². The van der Waals surface area contributed by atoms with Crippen LogP contribution in [0.4, 0.5) is 18.9 Å². The first kappa shape index (κ1) is 21.6. The predicted octanol–water partition coefficient (Wildman–Crippen LogP) is 5.81. The molecule has 0 aliphatic carbocycles. The van der Waals surface area contributed by atoms with Crippen LogP contribution < -0.4 is 14.8 Å². The molecule has 0 saturated carbocycles. The molecule has 0 unspecified atom stereocenters. The lowest BCUT2D eigenvalue weighted by molar-refractivity contribution is -0.137. The van der Waals surface area contributed by atoms with Crippen LogP contribution in [0.2, 0.25) is 5.02 Å². The van der Waals surface area contributed by atoms with Gasteiger partial charge in [0.05, 0.1) is 29.5 Å². The van der Waals surface area contributed by atoms with Crippen LogP contribution in [0.1, 0.15) is 25.0 Å². The molecule has 0 aliphatic heterocycles. The molecule has 2 rings (SSSR count). The zero-order valence-electron chi connectivity index (χ0n) is 15.3. The van der Waals surface area contributed by atoms with E-state index >= 15 is 0 Å². The summed E-state index contributed by atoms with van der Waals surface area (Å²) in [6.07, 6.45) is -1.82. The number of carbonyl (C=O) groups is 1. The second kappa shape index (κ2) is 9.50. The maximum atomic E-state index is 12.8. The van der Waals surface area contributed by atoms with Gasteiger partial charge in [-0.2, -0.15) is 13.2 Å². The number of halogens is 4. The van der Waals surface area contributed by atoms with Crippen LogP contribution in [0.25, 0.3) is 6.08 Å². The van der Waals surface area contributed by atoms with Gasteiger partial charge in [0, 0.05) is 6.08 Å². The molecule has 0 atom stereocenters. The number of rotatable bonds is 7. The van der Waals surface area contributed by atoms with Crippen molar-refractivity contribution in [2.24, 2.45) is 0 Å². The first-order valence-electron chi connectivity index (χ1n) is 8.50. The topological polar surface area (TPSA) is 47.6 Å². The zero-order valence-corrected chi connectivity index (χ0v) is 16.0. The smallest absolute Gasteiger partial charge is 0.416 e. The maximum Gasteiger partial charge on any atom is 0.416 e. The SMILES string of the molecule is CCOc1ccc(/C=C/C(=O)Nc2cc(C(F)(F)F)ccc2Cl)cc1OCC. The van der Waals surface area contributed by atoms with Gasteiger partial charge in [-0.1, -0.05) is 17.7 Å². The number of anilines is 1. The van der Waals surface area contributed by atoms with Crippen molar-refractivity contribution in [2.75, 3.05) is 18.5 Å². The molecule has 28 heavy (non-hydrogen) atoms. The Morgan fingerprint density at radius 1 is 1.07 bits per heavy atom. The maximum absolute atomic E-state index is 12.8. The van der Waals surface area contributed by atoms with Crippen LogP contribution in [-0.2, 0) is 11.0 Å². The van der Waals surface area contributed by atoms with Crippen molar-refractivity contribution in [3.63, 3.8) is 0 Å². The van der Waals surface area contributed by atoms with Gasteiger partial charge in [0.25, 0.3) is 0 Å². The number of alkyl halides is 3. The normalized spacial score (nSPS) is 11.5. The van der Waals surface area contributed by atoms with E-state index in [4.69, 9.17) is 21.1 Å². The van der Waals surface area contributed by atoms with Crippen LogP contribution in [0.5, 0.6) is 11.5 Å². The van der Waals surface area contributed by atoms with Crippen LogP contribution in [0, 0.1) is 0 Å². The summed E-state index contributed by atoms with van der Waals surface area (Å²) in [5.74, 6) is 0.502. The van der Waals surface area contributed by atoms with Crippen LogP contribution in [0.3, 0.4) is 0 Å². The Labute approximate surface area is 165 Å². The third kappa shape index (κ3) is 5.92. The molecular weight excluding hydrogens is 395 g/mol. The predicted molar refractivity (Wildman–Crippen MR) is 103 cm³/mol. The van der Waals surface area contributed by atoms with Gasteiger partial charge >= 0.3 is 6.18 Å².